The number of aliphatic carboxylic acids is 1. The van der Waals surface area contributed by atoms with Crippen LogP contribution in [-0.4, -0.2) is 58.3 Å². The van der Waals surface area contributed by atoms with Gasteiger partial charge in [0, 0.05) is 0 Å². The summed E-state index contributed by atoms with van der Waals surface area (Å²) < 4.78 is 168. The lowest BCUT2D eigenvalue weighted by atomic mass is 9.97. The van der Waals surface area contributed by atoms with Crippen LogP contribution in [0.15, 0.2) is 0 Å². The lowest BCUT2D eigenvalue weighted by Gasteiger charge is -2.39. The van der Waals surface area contributed by atoms with Crippen molar-refractivity contribution in [2.75, 3.05) is 0 Å². The van der Waals surface area contributed by atoms with E-state index in [4.69, 9.17) is 5.11 Å². The Morgan fingerprint density at radius 3 is 1.43 bits per heavy atom. The Bertz CT molecular complexity index is 615. The number of halogens is 13. The van der Waals surface area contributed by atoms with Crippen molar-refractivity contribution >= 4 is 24.6 Å². The topological polar surface area (TPSA) is 63.6 Å². The smallest absolute Gasteiger partial charge is 0.473 e. The average Bonchev–Trinajstić information content (AvgIpc) is 2.43. The zero-order valence-electron chi connectivity index (χ0n) is 12.3. The standard InChI is InChI=1S/C10H5F13O4S/c11-5(12,7(15,16)9(19,20)21)6(13,14)8(17,18)10(22,23)27-4(26)2(28)1-3(24)25/h2,28H,1H2,(H,24,25). The highest BCUT2D eigenvalue weighted by Gasteiger charge is 2.92. The van der Waals surface area contributed by atoms with Crippen LogP contribution in [0.1, 0.15) is 6.42 Å². The highest BCUT2D eigenvalue weighted by atomic mass is 32.1. The number of carboxylic acid groups (broad SMARTS) is 1. The molecule has 0 spiro atoms. The molecule has 28 heavy (non-hydrogen) atoms. The fraction of sp³-hybridized carbons (Fsp3) is 0.800. The van der Waals surface area contributed by atoms with E-state index in [0.717, 1.165) is 0 Å². The summed E-state index contributed by atoms with van der Waals surface area (Å²) in [6, 6.07) is 0. The molecule has 0 aliphatic carbocycles. The van der Waals surface area contributed by atoms with E-state index in [2.05, 4.69) is 17.4 Å². The maximum atomic E-state index is 13.2. The largest absolute Gasteiger partial charge is 0.481 e. The fourth-order valence-corrected chi connectivity index (χ4v) is 1.47. The van der Waals surface area contributed by atoms with Crippen molar-refractivity contribution in [2.45, 2.75) is 47.6 Å². The van der Waals surface area contributed by atoms with Crippen molar-refractivity contribution in [1.82, 2.24) is 0 Å². The van der Waals surface area contributed by atoms with Gasteiger partial charge in [-0.25, -0.2) is 0 Å². The molecule has 0 heterocycles. The maximum Gasteiger partial charge on any atom is 0.473 e. The van der Waals surface area contributed by atoms with Crippen molar-refractivity contribution < 1.29 is 76.5 Å². The predicted molar refractivity (Wildman–Crippen MR) is 61.9 cm³/mol. The fourth-order valence-electron chi connectivity index (χ4n) is 1.26. The average molecular weight is 468 g/mol. The first kappa shape index (κ1) is 26.4. The summed E-state index contributed by atoms with van der Waals surface area (Å²) in [5, 5.41) is 5.64. The number of carboxylic acids is 1. The number of hydrogen-bond donors (Lipinski definition) is 2. The van der Waals surface area contributed by atoms with Crippen molar-refractivity contribution in [3.63, 3.8) is 0 Å². The Hall–Kier alpha value is -1.62. The van der Waals surface area contributed by atoms with E-state index < -0.39 is 59.6 Å². The molecule has 1 unspecified atom stereocenters. The highest BCUT2D eigenvalue weighted by Crippen LogP contribution is 2.60. The van der Waals surface area contributed by atoms with Crippen molar-refractivity contribution in [3.05, 3.63) is 0 Å². The van der Waals surface area contributed by atoms with E-state index in [1.807, 2.05) is 0 Å². The first-order chi connectivity index (χ1) is 12.0. The highest BCUT2D eigenvalue weighted by molar-refractivity contribution is 7.81. The molecule has 0 saturated heterocycles. The molecular weight excluding hydrogens is 463 g/mol. The van der Waals surface area contributed by atoms with Crippen LogP contribution in [-0.2, 0) is 14.3 Å². The summed E-state index contributed by atoms with van der Waals surface area (Å²) >= 11 is 2.95. The Labute approximate surface area is 150 Å². The van der Waals surface area contributed by atoms with Gasteiger partial charge in [-0.15, -0.1) is 0 Å². The van der Waals surface area contributed by atoms with Gasteiger partial charge in [0.1, 0.15) is 5.25 Å². The predicted octanol–water partition coefficient (Wildman–Crippen LogP) is 4.00. The van der Waals surface area contributed by atoms with Gasteiger partial charge in [-0.2, -0.15) is 69.7 Å². The van der Waals surface area contributed by atoms with Gasteiger partial charge in [0.05, 0.1) is 6.42 Å². The van der Waals surface area contributed by atoms with Gasteiger partial charge in [0.25, 0.3) is 0 Å². The van der Waals surface area contributed by atoms with Crippen LogP contribution in [0, 0.1) is 0 Å². The molecular formula is C10H5F13O4S. The first-order valence-corrected chi connectivity index (χ1v) is 6.57. The van der Waals surface area contributed by atoms with Gasteiger partial charge in [0.2, 0.25) is 0 Å². The number of alkyl halides is 13. The minimum atomic E-state index is -8.14. The minimum Gasteiger partial charge on any atom is -0.481 e. The Morgan fingerprint density at radius 1 is 0.750 bits per heavy atom. The maximum absolute atomic E-state index is 13.2. The Morgan fingerprint density at radius 2 is 1.11 bits per heavy atom. The molecule has 18 heteroatoms. The van der Waals surface area contributed by atoms with Crippen molar-refractivity contribution in [2.24, 2.45) is 0 Å². The molecule has 0 aliphatic heterocycles. The molecule has 0 aromatic heterocycles. The molecule has 0 bridgehead atoms. The SMILES string of the molecule is O=C(O)CC(S)C(=O)OC(F)(F)C(F)(F)C(F)(F)C(F)(F)C(F)(F)C(F)(F)F. The van der Waals surface area contributed by atoms with Crippen LogP contribution < -0.4 is 0 Å². The Kier molecular flexibility index (Phi) is 6.90. The molecule has 0 aromatic carbocycles. The molecule has 0 saturated carbocycles. The van der Waals surface area contributed by atoms with Crippen molar-refractivity contribution in [1.29, 1.82) is 0 Å². The van der Waals surface area contributed by atoms with E-state index in [-0.39, 0.29) is 0 Å². The molecule has 0 amide bonds. The molecule has 1 N–H and O–H groups in total. The second-order valence-corrected chi connectivity index (χ2v) is 5.47. The van der Waals surface area contributed by atoms with Gasteiger partial charge in [-0.3, -0.25) is 9.59 Å². The number of rotatable bonds is 8. The Balaban J connectivity index is 6.05. The monoisotopic (exact) mass is 468 g/mol. The summed E-state index contributed by atoms with van der Waals surface area (Å²) in [5.41, 5.74) is 0. The molecule has 166 valence electrons. The molecule has 1 atom stereocenters. The molecule has 4 nitrogen and oxygen atoms in total. The van der Waals surface area contributed by atoms with Crippen LogP contribution in [0.25, 0.3) is 0 Å². The third-order valence-corrected chi connectivity index (χ3v) is 3.17. The quantitative estimate of drug-likeness (QED) is 0.321. The van der Waals surface area contributed by atoms with Gasteiger partial charge in [-0.1, -0.05) is 0 Å². The van der Waals surface area contributed by atoms with Crippen LogP contribution in [0.5, 0.6) is 0 Å². The summed E-state index contributed by atoms with van der Waals surface area (Å²) in [4.78, 5) is 21.1. The van der Waals surface area contributed by atoms with Gasteiger partial charge in [0.15, 0.2) is 0 Å². The number of hydrogen-bond acceptors (Lipinski definition) is 4. The first-order valence-electron chi connectivity index (χ1n) is 6.06. The van der Waals surface area contributed by atoms with Gasteiger partial charge < -0.3 is 9.84 Å². The summed E-state index contributed by atoms with van der Waals surface area (Å²) in [7, 11) is 0. The van der Waals surface area contributed by atoms with E-state index in [0.29, 0.717) is 0 Å². The summed E-state index contributed by atoms with van der Waals surface area (Å²) in [6.07, 6.45) is -16.2. The van der Waals surface area contributed by atoms with Crippen LogP contribution in [0.3, 0.4) is 0 Å². The number of ether oxygens (including phenoxy) is 1. The normalized spacial score (nSPS) is 15.9. The third-order valence-electron chi connectivity index (χ3n) is 2.77. The second-order valence-electron chi connectivity index (χ2n) is 4.85. The van der Waals surface area contributed by atoms with Crippen LogP contribution in [0.2, 0.25) is 0 Å². The van der Waals surface area contributed by atoms with E-state index in [9.17, 15) is 66.7 Å². The second kappa shape index (κ2) is 7.33. The summed E-state index contributed by atoms with van der Waals surface area (Å²) in [5.74, 6) is -36.8. The number of esters is 1. The van der Waals surface area contributed by atoms with Gasteiger partial charge >= 0.3 is 47.9 Å². The zero-order chi connectivity index (χ0) is 23.1. The van der Waals surface area contributed by atoms with E-state index >= 15 is 0 Å². The lowest BCUT2D eigenvalue weighted by molar-refractivity contribution is -0.460. The van der Waals surface area contributed by atoms with Gasteiger partial charge in [-0.05, 0) is 0 Å². The van der Waals surface area contributed by atoms with Crippen LogP contribution in [0.4, 0.5) is 57.1 Å². The lowest BCUT2D eigenvalue weighted by Crippen LogP contribution is -2.70. The number of carbonyl (C=O) groups excluding carboxylic acids is 1. The molecule has 0 radical (unpaired) electrons. The van der Waals surface area contributed by atoms with Crippen LogP contribution >= 0.6 is 12.6 Å². The number of carbonyl (C=O) groups is 2. The van der Waals surface area contributed by atoms with E-state index in [1.165, 1.54) is 0 Å². The molecule has 0 fully saturated rings. The van der Waals surface area contributed by atoms with Crippen molar-refractivity contribution in [3.8, 4) is 0 Å². The minimum absolute atomic E-state index is 1.54. The molecule has 0 aromatic rings. The zero-order valence-corrected chi connectivity index (χ0v) is 13.2. The third kappa shape index (κ3) is 4.19. The number of thiol groups is 1. The molecule has 0 aliphatic rings. The summed E-state index contributed by atoms with van der Waals surface area (Å²) in [6.45, 7) is 0. The van der Waals surface area contributed by atoms with E-state index in [1.54, 1.807) is 0 Å². The molecule has 0 rings (SSSR count).